The molecule has 0 fully saturated rings. The minimum Gasteiger partial charge on any atom is -0.368 e. The molecule has 3 N–H and O–H groups in total. The Bertz CT molecular complexity index is 715. The fraction of sp³-hybridized carbons (Fsp3) is 0.125. The number of amides is 2. The molecule has 120 valence electrons. The van der Waals surface area contributed by atoms with Gasteiger partial charge in [-0.1, -0.05) is 12.1 Å². The summed E-state index contributed by atoms with van der Waals surface area (Å²) in [4.78, 5) is 23.6. The molecular formula is C16H13F2IN2O2. The van der Waals surface area contributed by atoms with Crippen LogP contribution in [0.2, 0.25) is 0 Å². The second-order valence-electron chi connectivity index (χ2n) is 4.92. The van der Waals surface area contributed by atoms with E-state index in [4.69, 9.17) is 5.73 Å². The zero-order valence-corrected chi connectivity index (χ0v) is 14.0. The van der Waals surface area contributed by atoms with Gasteiger partial charge in [0.15, 0.2) is 0 Å². The summed E-state index contributed by atoms with van der Waals surface area (Å²) in [5.41, 5.74) is 5.89. The number of carbonyl (C=O) groups excluding carboxylic acids is 2. The summed E-state index contributed by atoms with van der Waals surface area (Å²) < 4.78 is 27.3. The van der Waals surface area contributed by atoms with Gasteiger partial charge in [-0.05, 0) is 52.4 Å². The van der Waals surface area contributed by atoms with Crippen LogP contribution in [0, 0.1) is 15.2 Å². The summed E-state index contributed by atoms with van der Waals surface area (Å²) in [6, 6.07) is 8.80. The van der Waals surface area contributed by atoms with E-state index in [1.807, 2.05) is 24.3 Å². The number of rotatable bonds is 5. The van der Waals surface area contributed by atoms with Gasteiger partial charge >= 0.3 is 0 Å². The lowest BCUT2D eigenvalue weighted by atomic mass is 10.0. The quantitative estimate of drug-likeness (QED) is 0.716. The van der Waals surface area contributed by atoms with Crippen LogP contribution in [0.25, 0.3) is 0 Å². The summed E-state index contributed by atoms with van der Waals surface area (Å²) in [6.45, 7) is 0. The number of benzene rings is 2. The lowest BCUT2D eigenvalue weighted by Gasteiger charge is -2.16. The van der Waals surface area contributed by atoms with Crippen LogP contribution < -0.4 is 11.1 Å². The van der Waals surface area contributed by atoms with E-state index in [2.05, 4.69) is 27.9 Å². The minimum absolute atomic E-state index is 0.190. The molecule has 23 heavy (non-hydrogen) atoms. The van der Waals surface area contributed by atoms with Gasteiger partial charge in [-0.25, -0.2) is 8.78 Å². The van der Waals surface area contributed by atoms with E-state index in [9.17, 15) is 18.4 Å². The van der Waals surface area contributed by atoms with Crippen molar-refractivity contribution in [1.29, 1.82) is 0 Å². The van der Waals surface area contributed by atoms with E-state index in [1.165, 1.54) is 0 Å². The fourth-order valence-corrected chi connectivity index (χ4v) is 2.37. The molecule has 2 aromatic carbocycles. The molecule has 0 saturated heterocycles. The molecule has 2 aromatic rings. The highest BCUT2D eigenvalue weighted by atomic mass is 127. The Balaban J connectivity index is 2.14. The lowest BCUT2D eigenvalue weighted by molar-refractivity contribution is -0.119. The molecule has 2 amide bonds. The Morgan fingerprint density at radius 1 is 1.09 bits per heavy atom. The van der Waals surface area contributed by atoms with Crippen LogP contribution >= 0.6 is 22.6 Å². The molecule has 0 aliphatic rings. The fourth-order valence-electron chi connectivity index (χ4n) is 2.01. The lowest BCUT2D eigenvalue weighted by Crippen LogP contribution is -2.45. The average molecular weight is 430 g/mol. The monoisotopic (exact) mass is 430 g/mol. The molecule has 4 nitrogen and oxygen atoms in total. The third-order valence-corrected chi connectivity index (χ3v) is 3.85. The zero-order chi connectivity index (χ0) is 17.0. The number of hydrogen-bond donors (Lipinski definition) is 2. The zero-order valence-electron chi connectivity index (χ0n) is 11.9. The Morgan fingerprint density at radius 2 is 1.65 bits per heavy atom. The number of hydrogen-bond acceptors (Lipinski definition) is 2. The summed E-state index contributed by atoms with van der Waals surface area (Å²) in [5, 5.41) is 2.40. The van der Waals surface area contributed by atoms with Crippen LogP contribution in [0.4, 0.5) is 8.78 Å². The first kappa shape index (κ1) is 17.3. The first-order valence-corrected chi connectivity index (χ1v) is 7.74. The minimum atomic E-state index is -0.978. The van der Waals surface area contributed by atoms with Crippen LogP contribution in [0.15, 0.2) is 42.5 Å². The first-order valence-electron chi connectivity index (χ1n) is 6.66. The van der Waals surface area contributed by atoms with Gasteiger partial charge in [0, 0.05) is 21.6 Å². The van der Waals surface area contributed by atoms with Crippen molar-refractivity contribution in [1.82, 2.24) is 5.32 Å². The third-order valence-electron chi connectivity index (χ3n) is 3.13. The van der Waals surface area contributed by atoms with E-state index in [0.29, 0.717) is 6.07 Å². The van der Waals surface area contributed by atoms with Crippen LogP contribution in [-0.4, -0.2) is 17.9 Å². The van der Waals surface area contributed by atoms with Crippen LogP contribution in [0.3, 0.4) is 0 Å². The molecule has 0 aromatic heterocycles. The van der Waals surface area contributed by atoms with Crippen LogP contribution in [-0.2, 0) is 11.2 Å². The van der Waals surface area contributed by atoms with E-state index >= 15 is 0 Å². The summed E-state index contributed by atoms with van der Waals surface area (Å²) in [7, 11) is 0. The SMILES string of the molecule is NC(=O)[C@H](Cc1ccc(I)cc1)NC(=O)c1cc(F)cc(F)c1. The Labute approximate surface area is 145 Å². The molecule has 0 heterocycles. The summed E-state index contributed by atoms with van der Waals surface area (Å²) in [6.07, 6.45) is 0.190. The molecule has 0 aliphatic carbocycles. The highest BCUT2D eigenvalue weighted by molar-refractivity contribution is 14.1. The third kappa shape index (κ3) is 4.98. The normalized spacial score (nSPS) is 11.8. The number of halogens is 3. The topological polar surface area (TPSA) is 72.2 Å². The van der Waals surface area contributed by atoms with Gasteiger partial charge < -0.3 is 11.1 Å². The second-order valence-corrected chi connectivity index (χ2v) is 6.16. The number of primary amides is 1. The maximum atomic E-state index is 13.2. The summed E-state index contributed by atoms with van der Waals surface area (Å²) >= 11 is 2.14. The highest BCUT2D eigenvalue weighted by Crippen LogP contribution is 2.11. The maximum absolute atomic E-state index is 13.2. The van der Waals surface area contributed by atoms with Crippen molar-refractivity contribution in [2.75, 3.05) is 0 Å². The van der Waals surface area contributed by atoms with Crippen molar-refractivity contribution < 1.29 is 18.4 Å². The average Bonchev–Trinajstić information content (AvgIpc) is 2.47. The van der Waals surface area contributed by atoms with Gasteiger partial charge in [-0.3, -0.25) is 9.59 Å². The molecule has 0 radical (unpaired) electrons. The number of carbonyl (C=O) groups is 2. The molecule has 0 spiro atoms. The number of nitrogens with two attached hydrogens (primary N) is 1. The van der Waals surface area contributed by atoms with Crippen molar-refractivity contribution >= 4 is 34.4 Å². The Morgan fingerprint density at radius 3 is 2.17 bits per heavy atom. The van der Waals surface area contributed by atoms with Crippen molar-refractivity contribution in [3.05, 3.63) is 68.8 Å². The Hall–Kier alpha value is -2.03. The maximum Gasteiger partial charge on any atom is 0.252 e. The van der Waals surface area contributed by atoms with Gasteiger partial charge in [0.2, 0.25) is 5.91 Å². The van der Waals surface area contributed by atoms with Crippen LogP contribution in [0.1, 0.15) is 15.9 Å². The van der Waals surface area contributed by atoms with Crippen molar-refractivity contribution in [2.24, 2.45) is 5.73 Å². The van der Waals surface area contributed by atoms with E-state index < -0.39 is 29.5 Å². The predicted octanol–water partition coefficient (Wildman–Crippen LogP) is 2.40. The van der Waals surface area contributed by atoms with E-state index in [-0.39, 0.29) is 12.0 Å². The van der Waals surface area contributed by atoms with Crippen LogP contribution in [0.5, 0.6) is 0 Å². The van der Waals surface area contributed by atoms with E-state index in [0.717, 1.165) is 21.3 Å². The molecule has 0 aliphatic heterocycles. The van der Waals surface area contributed by atoms with Crippen molar-refractivity contribution in [2.45, 2.75) is 12.5 Å². The Kier molecular flexibility index (Phi) is 5.64. The van der Waals surface area contributed by atoms with E-state index in [1.54, 1.807) is 0 Å². The van der Waals surface area contributed by atoms with Crippen molar-refractivity contribution in [3.8, 4) is 0 Å². The molecule has 0 unspecified atom stereocenters. The molecule has 1 atom stereocenters. The molecule has 0 bridgehead atoms. The largest absolute Gasteiger partial charge is 0.368 e. The van der Waals surface area contributed by atoms with Gasteiger partial charge in [0.05, 0.1) is 0 Å². The molecule has 0 saturated carbocycles. The van der Waals surface area contributed by atoms with Gasteiger partial charge in [-0.2, -0.15) is 0 Å². The van der Waals surface area contributed by atoms with Gasteiger partial charge in [0.1, 0.15) is 17.7 Å². The van der Waals surface area contributed by atoms with Gasteiger partial charge in [-0.15, -0.1) is 0 Å². The molecule has 7 heteroatoms. The first-order chi connectivity index (χ1) is 10.8. The highest BCUT2D eigenvalue weighted by Gasteiger charge is 2.20. The number of nitrogens with one attached hydrogen (secondary N) is 1. The summed E-state index contributed by atoms with van der Waals surface area (Å²) in [5.74, 6) is -3.24. The smallest absolute Gasteiger partial charge is 0.252 e. The standard InChI is InChI=1S/C16H13F2IN2O2/c17-11-6-10(7-12(18)8-11)16(23)21-14(15(20)22)5-9-1-3-13(19)4-2-9/h1-4,6-8,14H,5H2,(H2,20,22)(H,21,23)/t14-/m0/s1. The second kappa shape index (κ2) is 7.49. The molecule has 2 rings (SSSR count). The van der Waals surface area contributed by atoms with Crippen molar-refractivity contribution in [3.63, 3.8) is 0 Å². The predicted molar refractivity (Wildman–Crippen MR) is 89.7 cm³/mol. The molecular weight excluding hydrogens is 417 g/mol. The van der Waals surface area contributed by atoms with Gasteiger partial charge in [0.25, 0.3) is 5.91 Å².